The Morgan fingerprint density at radius 1 is 1.19 bits per heavy atom. The number of amides is 2. The minimum absolute atomic E-state index is 0.0847. The third-order valence-electron chi connectivity index (χ3n) is 5.63. The van der Waals surface area contributed by atoms with Crippen LogP contribution in [0.3, 0.4) is 0 Å². The Kier molecular flexibility index (Phi) is 4.93. The molecule has 3 aromatic rings. The SMILES string of the molecule is COc1cc(CN(C(=O)Nc2ccc(-c3nnnn3C3CC3)cc2)C2CC2)ccc1O. The van der Waals surface area contributed by atoms with Crippen LogP contribution in [-0.2, 0) is 6.54 Å². The zero-order valence-corrected chi connectivity index (χ0v) is 17.2. The lowest BCUT2D eigenvalue weighted by molar-refractivity contribution is 0.206. The summed E-state index contributed by atoms with van der Waals surface area (Å²) in [5.74, 6) is 1.24. The molecule has 0 saturated heterocycles. The normalized spacial score (nSPS) is 15.5. The maximum atomic E-state index is 13.0. The summed E-state index contributed by atoms with van der Waals surface area (Å²) in [4.78, 5) is 14.8. The Balaban J connectivity index is 1.28. The number of hydrogen-bond acceptors (Lipinski definition) is 6. The summed E-state index contributed by atoms with van der Waals surface area (Å²) >= 11 is 0. The average molecular weight is 420 g/mol. The monoisotopic (exact) mass is 420 g/mol. The molecule has 2 aliphatic carbocycles. The van der Waals surface area contributed by atoms with Gasteiger partial charge in [-0.1, -0.05) is 6.07 Å². The number of aromatic hydroxyl groups is 1. The van der Waals surface area contributed by atoms with Gasteiger partial charge in [0.05, 0.1) is 13.2 Å². The summed E-state index contributed by atoms with van der Waals surface area (Å²) in [5, 5.41) is 24.8. The van der Waals surface area contributed by atoms with Gasteiger partial charge in [0.15, 0.2) is 17.3 Å². The summed E-state index contributed by atoms with van der Waals surface area (Å²) in [7, 11) is 1.51. The number of urea groups is 1. The smallest absolute Gasteiger partial charge is 0.322 e. The summed E-state index contributed by atoms with van der Waals surface area (Å²) < 4.78 is 7.05. The van der Waals surface area contributed by atoms with Gasteiger partial charge in [0.1, 0.15) is 0 Å². The van der Waals surface area contributed by atoms with Crippen LogP contribution in [0, 0.1) is 0 Å². The molecule has 2 saturated carbocycles. The molecule has 2 aliphatic rings. The minimum Gasteiger partial charge on any atom is -0.504 e. The Bertz CT molecular complexity index is 1090. The van der Waals surface area contributed by atoms with Crippen molar-refractivity contribution in [3.05, 3.63) is 48.0 Å². The van der Waals surface area contributed by atoms with E-state index in [2.05, 4.69) is 20.8 Å². The number of anilines is 1. The number of nitrogens with zero attached hydrogens (tertiary/aromatic N) is 5. The van der Waals surface area contributed by atoms with Gasteiger partial charge in [0.25, 0.3) is 0 Å². The van der Waals surface area contributed by atoms with Gasteiger partial charge in [0.2, 0.25) is 0 Å². The Morgan fingerprint density at radius 2 is 1.97 bits per heavy atom. The molecule has 1 heterocycles. The summed E-state index contributed by atoms with van der Waals surface area (Å²) in [6.45, 7) is 0.446. The highest BCUT2D eigenvalue weighted by Crippen LogP contribution is 2.37. The molecule has 0 radical (unpaired) electrons. The van der Waals surface area contributed by atoms with E-state index in [1.807, 2.05) is 33.8 Å². The van der Waals surface area contributed by atoms with Crippen molar-refractivity contribution in [1.82, 2.24) is 25.1 Å². The Labute approximate surface area is 179 Å². The van der Waals surface area contributed by atoms with Crippen molar-refractivity contribution in [2.45, 2.75) is 44.3 Å². The zero-order valence-electron chi connectivity index (χ0n) is 17.2. The van der Waals surface area contributed by atoms with E-state index < -0.39 is 0 Å². The number of hydrogen-bond donors (Lipinski definition) is 2. The van der Waals surface area contributed by atoms with E-state index in [1.54, 1.807) is 18.2 Å². The molecule has 9 heteroatoms. The van der Waals surface area contributed by atoms with Crippen LogP contribution < -0.4 is 10.1 Å². The number of rotatable bonds is 7. The van der Waals surface area contributed by atoms with Crippen LogP contribution in [-0.4, -0.2) is 49.4 Å². The lowest BCUT2D eigenvalue weighted by atomic mass is 10.2. The summed E-state index contributed by atoms with van der Waals surface area (Å²) in [6, 6.07) is 13.2. The van der Waals surface area contributed by atoms with Gasteiger partial charge >= 0.3 is 6.03 Å². The van der Waals surface area contributed by atoms with Gasteiger partial charge in [0, 0.05) is 23.8 Å². The van der Waals surface area contributed by atoms with Crippen molar-refractivity contribution < 1.29 is 14.6 Å². The van der Waals surface area contributed by atoms with Crippen LogP contribution in [0.1, 0.15) is 37.3 Å². The number of phenolic OH excluding ortho intramolecular Hbond substituents is 1. The van der Waals surface area contributed by atoms with Crippen LogP contribution in [0.15, 0.2) is 42.5 Å². The predicted octanol–water partition coefficient (Wildman–Crippen LogP) is 3.59. The third-order valence-corrected chi connectivity index (χ3v) is 5.63. The second-order valence-corrected chi connectivity index (χ2v) is 8.05. The zero-order chi connectivity index (χ0) is 21.4. The lowest BCUT2D eigenvalue weighted by Crippen LogP contribution is -2.36. The van der Waals surface area contributed by atoms with Crippen molar-refractivity contribution in [2.24, 2.45) is 0 Å². The van der Waals surface area contributed by atoms with Crippen LogP contribution in [0.4, 0.5) is 10.5 Å². The molecule has 0 spiro atoms. The molecule has 2 amide bonds. The lowest BCUT2D eigenvalue weighted by Gasteiger charge is -2.23. The fourth-order valence-electron chi connectivity index (χ4n) is 3.62. The largest absolute Gasteiger partial charge is 0.504 e. The molecule has 31 heavy (non-hydrogen) atoms. The van der Waals surface area contributed by atoms with E-state index in [-0.39, 0.29) is 17.8 Å². The van der Waals surface area contributed by atoms with Crippen LogP contribution >= 0.6 is 0 Å². The second-order valence-electron chi connectivity index (χ2n) is 8.05. The van der Waals surface area contributed by atoms with Crippen molar-refractivity contribution in [1.29, 1.82) is 0 Å². The van der Waals surface area contributed by atoms with E-state index in [0.29, 0.717) is 24.0 Å². The number of benzene rings is 2. The van der Waals surface area contributed by atoms with Crippen molar-refractivity contribution in [3.8, 4) is 22.9 Å². The van der Waals surface area contributed by atoms with Crippen molar-refractivity contribution in [3.63, 3.8) is 0 Å². The number of aromatic nitrogens is 4. The fraction of sp³-hybridized carbons (Fsp3) is 0.364. The number of phenols is 1. The Hall–Kier alpha value is -3.62. The molecule has 9 nitrogen and oxygen atoms in total. The minimum atomic E-state index is -0.148. The third kappa shape index (κ3) is 4.16. The van der Waals surface area contributed by atoms with Gasteiger partial charge < -0.3 is 20.1 Å². The first kappa shape index (κ1) is 19.3. The predicted molar refractivity (Wildman–Crippen MR) is 114 cm³/mol. The standard InChI is InChI=1S/C22H24N6O3/c1-31-20-12-14(2-11-19(20)29)13-27(17-7-8-17)22(30)23-16-5-3-15(4-6-16)21-24-25-26-28(21)18-9-10-18/h2-6,11-12,17-18,29H,7-10,13H2,1H3,(H,23,30). The molecule has 0 unspecified atom stereocenters. The molecular formula is C22H24N6O3. The number of tetrazole rings is 1. The highest BCUT2D eigenvalue weighted by atomic mass is 16.5. The van der Waals surface area contributed by atoms with E-state index in [9.17, 15) is 9.90 Å². The van der Waals surface area contributed by atoms with Crippen molar-refractivity contribution in [2.75, 3.05) is 12.4 Å². The van der Waals surface area contributed by atoms with Crippen LogP contribution in [0.2, 0.25) is 0 Å². The van der Waals surface area contributed by atoms with Gasteiger partial charge in [-0.2, -0.15) is 0 Å². The first-order valence-corrected chi connectivity index (χ1v) is 10.4. The second kappa shape index (κ2) is 7.90. The molecule has 160 valence electrons. The van der Waals surface area contributed by atoms with Gasteiger partial charge in [-0.15, -0.1) is 5.10 Å². The first-order chi connectivity index (χ1) is 15.1. The van der Waals surface area contributed by atoms with E-state index in [0.717, 1.165) is 42.6 Å². The van der Waals surface area contributed by atoms with E-state index in [1.165, 1.54) is 7.11 Å². The van der Waals surface area contributed by atoms with Gasteiger partial charge in [-0.3, -0.25) is 0 Å². The maximum absolute atomic E-state index is 13.0. The fourth-order valence-corrected chi connectivity index (χ4v) is 3.62. The molecule has 2 fully saturated rings. The van der Waals surface area contributed by atoms with Crippen LogP contribution in [0.5, 0.6) is 11.5 Å². The number of nitrogens with one attached hydrogen (secondary N) is 1. The highest BCUT2D eigenvalue weighted by molar-refractivity contribution is 5.90. The quantitative estimate of drug-likeness (QED) is 0.605. The number of methoxy groups -OCH3 is 1. The molecule has 2 N–H and O–H groups in total. The van der Waals surface area contributed by atoms with Crippen molar-refractivity contribution >= 4 is 11.7 Å². The highest BCUT2D eigenvalue weighted by Gasteiger charge is 2.33. The summed E-state index contributed by atoms with van der Waals surface area (Å²) in [6.07, 6.45) is 4.20. The molecule has 1 aromatic heterocycles. The average Bonchev–Trinajstić information content (AvgIpc) is 3.72. The maximum Gasteiger partial charge on any atom is 0.322 e. The number of carbonyl (C=O) groups is 1. The molecule has 5 rings (SSSR count). The Morgan fingerprint density at radius 3 is 2.65 bits per heavy atom. The van der Waals surface area contributed by atoms with Crippen LogP contribution in [0.25, 0.3) is 11.4 Å². The molecule has 0 atom stereocenters. The molecular weight excluding hydrogens is 396 g/mol. The van der Waals surface area contributed by atoms with Gasteiger partial charge in [-0.25, -0.2) is 9.48 Å². The van der Waals surface area contributed by atoms with Gasteiger partial charge in [-0.05, 0) is 78.1 Å². The number of carbonyl (C=O) groups excluding carboxylic acids is 1. The number of ether oxygens (including phenoxy) is 1. The first-order valence-electron chi connectivity index (χ1n) is 10.4. The molecule has 2 aromatic carbocycles. The molecule has 0 aliphatic heterocycles. The topological polar surface area (TPSA) is 105 Å². The van der Waals surface area contributed by atoms with E-state index in [4.69, 9.17) is 4.74 Å². The molecule has 0 bridgehead atoms. The summed E-state index contributed by atoms with van der Waals surface area (Å²) in [5.41, 5.74) is 2.54. The van der Waals surface area contributed by atoms with E-state index >= 15 is 0 Å².